The third-order valence-electron chi connectivity index (χ3n) is 3.51. The van der Waals surface area contributed by atoms with Crippen LogP contribution in [-0.4, -0.2) is 49.3 Å². The number of rotatable bonds is 9. The van der Waals surface area contributed by atoms with Crippen LogP contribution in [0.15, 0.2) is 47.8 Å². The van der Waals surface area contributed by atoms with Gasteiger partial charge in [-0.05, 0) is 30.5 Å². The summed E-state index contributed by atoms with van der Waals surface area (Å²) in [6.45, 7) is 3.96. The van der Waals surface area contributed by atoms with E-state index in [0.717, 1.165) is 36.9 Å². The van der Waals surface area contributed by atoms with Gasteiger partial charge < -0.3 is 19.1 Å². The Balaban J connectivity index is 0.000000345. The first kappa shape index (κ1) is 22.5. The van der Waals surface area contributed by atoms with E-state index >= 15 is 0 Å². The normalized spacial score (nSPS) is 10.5. The molecule has 0 atom stereocenters. The highest BCUT2D eigenvalue weighted by Crippen LogP contribution is 2.15. The van der Waals surface area contributed by atoms with Crippen LogP contribution in [-0.2, 0) is 20.9 Å². The number of likely N-dealkylation sites (N-methyl/N-ethyl adjacent to an activating group) is 1. The fourth-order valence-electron chi connectivity index (χ4n) is 2.13. The van der Waals surface area contributed by atoms with E-state index in [-0.39, 0.29) is 0 Å². The van der Waals surface area contributed by atoms with E-state index in [4.69, 9.17) is 4.74 Å². The monoisotopic (exact) mass is 391 g/mol. The molecule has 146 valence electrons. The highest BCUT2D eigenvalue weighted by Gasteiger charge is 2.16. The van der Waals surface area contributed by atoms with Crippen LogP contribution in [0.2, 0.25) is 0 Å². The van der Waals surface area contributed by atoms with Gasteiger partial charge in [0.15, 0.2) is 5.78 Å². The number of Topliss-reactive ketones (excluding diaryl/α,β-unsaturated/α-hetero) is 2. The number of thiophene rings is 1. The molecule has 2 aromatic rings. The molecule has 0 bridgehead atoms. The van der Waals surface area contributed by atoms with Gasteiger partial charge in [0.25, 0.3) is 0 Å². The van der Waals surface area contributed by atoms with Crippen molar-refractivity contribution in [2.75, 3.05) is 27.2 Å². The zero-order chi connectivity index (χ0) is 20.3. The number of quaternary nitrogens is 1. The van der Waals surface area contributed by atoms with Gasteiger partial charge in [0.2, 0.25) is 0 Å². The summed E-state index contributed by atoms with van der Waals surface area (Å²) in [4.78, 5) is 31.2. The van der Waals surface area contributed by atoms with Crippen LogP contribution in [0.4, 0.5) is 0 Å². The molecule has 6 nitrogen and oxygen atoms in total. The highest BCUT2D eigenvalue weighted by atomic mass is 32.1. The predicted molar refractivity (Wildman–Crippen MR) is 102 cm³/mol. The second-order valence-electron chi connectivity index (χ2n) is 6.65. The van der Waals surface area contributed by atoms with Crippen molar-refractivity contribution in [2.45, 2.75) is 19.9 Å². The molecule has 0 aliphatic carbocycles. The van der Waals surface area contributed by atoms with Gasteiger partial charge in [-0.15, -0.1) is 11.3 Å². The average molecular weight is 391 g/mol. The maximum absolute atomic E-state index is 10.1. The van der Waals surface area contributed by atoms with Gasteiger partial charge in [-0.2, -0.15) is 0 Å². The molecule has 0 aliphatic rings. The van der Waals surface area contributed by atoms with Crippen LogP contribution in [0.25, 0.3) is 0 Å². The number of nitrogens with zero attached hydrogens (tertiary/aromatic N) is 1. The Morgan fingerprint density at radius 2 is 1.74 bits per heavy atom. The SMILES string of the molecule is CC(=O)CC(=O)C(=O)[O-].C[N+](C)(CCOc1ccccc1)Cc1cccs1. The van der Waals surface area contributed by atoms with E-state index < -0.39 is 24.0 Å². The van der Waals surface area contributed by atoms with Crippen LogP contribution >= 0.6 is 11.3 Å². The Hall–Kier alpha value is -2.51. The fraction of sp³-hybridized carbons (Fsp3) is 0.350. The van der Waals surface area contributed by atoms with Crippen molar-refractivity contribution < 1.29 is 28.7 Å². The Morgan fingerprint density at radius 1 is 1.07 bits per heavy atom. The van der Waals surface area contributed by atoms with Gasteiger partial charge in [0.05, 0.1) is 25.4 Å². The molecule has 0 radical (unpaired) electrons. The molecule has 1 aromatic carbocycles. The second kappa shape index (κ2) is 11.3. The first-order valence-corrected chi connectivity index (χ1v) is 9.33. The number of hydrogen-bond donors (Lipinski definition) is 0. The molecular formula is C20H25NO5S. The van der Waals surface area contributed by atoms with E-state index in [0.29, 0.717) is 0 Å². The molecule has 1 aromatic heterocycles. The lowest BCUT2D eigenvalue weighted by molar-refractivity contribution is -0.903. The molecule has 0 unspecified atom stereocenters. The van der Waals surface area contributed by atoms with Crippen molar-refractivity contribution in [3.8, 4) is 5.75 Å². The molecular weight excluding hydrogens is 366 g/mol. The van der Waals surface area contributed by atoms with Crippen LogP contribution in [0.1, 0.15) is 18.2 Å². The number of carbonyl (C=O) groups is 3. The van der Waals surface area contributed by atoms with E-state index in [1.165, 1.54) is 4.88 Å². The first-order valence-electron chi connectivity index (χ1n) is 8.45. The van der Waals surface area contributed by atoms with E-state index in [1.54, 1.807) is 0 Å². The van der Waals surface area contributed by atoms with Gasteiger partial charge >= 0.3 is 0 Å². The number of benzene rings is 1. The summed E-state index contributed by atoms with van der Waals surface area (Å²) in [7, 11) is 4.49. The fourth-order valence-corrected chi connectivity index (χ4v) is 3.04. The smallest absolute Gasteiger partial charge is 0.185 e. The quantitative estimate of drug-likeness (QED) is 0.369. The van der Waals surface area contributed by atoms with Gasteiger partial charge in [-0.1, -0.05) is 24.3 Å². The zero-order valence-corrected chi connectivity index (χ0v) is 16.7. The molecule has 1 heterocycles. The number of ketones is 2. The number of hydrogen-bond acceptors (Lipinski definition) is 6. The molecule has 27 heavy (non-hydrogen) atoms. The van der Waals surface area contributed by atoms with Crippen molar-refractivity contribution in [1.29, 1.82) is 0 Å². The van der Waals surface area contributed by atoms with Gasteiger partial charge in [0, 0.05) is 0 Å². The van der Waals surface area contributed by atoms with Gasteiger partial charge in [-0.25, -0.2) is 0 Å². The third kappa shape index (κ3) is 10.3. The number of carbonyl (C=O) groups excluding carboxylic acids is 3. The molecule has 0 saturated heterocycles. The Bertz CT molecular complexity index is 726. The number of para-hydroxylation sites is 1. The topological polar surface area (TPSA) is 83.5 Å². The largest absolute Gasteiger partial charge is 0.542 e. The summed E-state index contributed by atoms with van der Waals surface area (Å²) < 4.78 is 6.70. The number of carboxylic acids is 1. The summed E-state index contributed by atoms with van der Waals surface area (Å²) in [5, 5.41) is 11.8. The number of aliphatic carboxylic acids is 1. The minimum absolute atomic E-state index is 0.468. The van der Waals surface area contributed by atoms with Crippen LogP contribution in [0, 0.1) is 0 Å². The lowest BCUT2D eigenvalue weighted by atomic mass is 10.2. The standard InChI is InChI=1S/C15H20NOS.C5H6O4/c1-16(2,13-15-9-6-12-18-15)10-11-17-14-7-4-3-5-8-14;1-3(6)2-4(7)5(8)9/h3-9,12H,10-11,13H2,1-2H3;2H2,1H3,(H,8,9)/q+1;/p-1. The predicted octanol–water partition coefficient (Wildman–Crippen LogP) is 1.69. The van der Waals surface area contributed by atoms with Crippen molar-refractivity contribution in [2.24, 2.45) is 0 Å². The summed E-state index contributed by atoms with van der Waals surface area (Å²) >= 11 is 1.82. The summed E-state index contributed by atoms with van der Waals surface area (Å²) in [6.07, 6.45) is -0.567. The summed E-state index contributed by atoms with van der Waals surface area (Å²) in [6, 6.07) is 14.3. The van der Waals surface area contributed by atoms with Crippen molar-refractivity contribution in [3.63, 3.8) is 0 Å². The minimum Gasteiger partial charge on any atom is -0.542 e. The van der Waals surface area contributed by atoms with Crippen LogP contribution in [0.5, 0.6) is 5.75 Å². The second-order valence-corrected chi connectivity index (χ2v) is 7.68. The Morgan fingerprint density at radius 3 is 2.22 bits per heavy atom. The maximum Gasteiger partial charge on any atom is 0.185 e. The summed E-state index contributed by atoms with van der Waals surface area (Å²) in [5.74, 6) is -2.48. The molecule has 0 fully saturated rings. The molecule has 0 saturated carbocycles. The highest BCUT2D eigenvalue weighted by molar-refractivity contribution is 7.09. The van der Waals surface area contributed by atoms with Crippen molar-refractivity contribution >= 4 is 28.9 Å². The van der Waals surface area contributed by atoms with Gasteiger partial charge in [-0.3, -0.25) is 9.59 Å². The third-order valence-corrected chi connectivity index (χ3v) is 4.37. The Labute approximate surface area is 163 Å². The van der Waals surface area contributed by atoms with Crippen LogP contribution in [0.3, 0.4) is 0 Å². The van der Waals surface area contributed by atoms with E-state index in [2.05, 4.69) is 31.6 Å². The van der Waals surface area contributed by atoms with E-state index in [1.807, 2.05) is 41.7 Å². The number of carboxylic acid groups (broad SMARTS) is 1. The molecule has 0 amide bonds. The van der Waals surface area contributed by atoms with Crippen molar-refractivity contribution in [1.82, 2.24) is 0 Å². The maximum atomic E-state index is 10.1. The molecule has 0 aliphatic heterocycles. The lowest BCUT2D eigenvalue weighted by Gasteiger charge is -2.29. The molecule has 0 N–H and O–H groups in total. The average Bonchev–Trinajstić information content (AvgIpc) is 3.07. The lowest BCUT2D eigenvalue weighted by Crippen LogP contribution is -2.41. The molecule has 7 heteroatoms. The zero-order valence-electron chi connectivity index (χ0n) is 15.8. The number of ether oxygens (including phenoxy) is 1. The van der Waals surface area contributed by atoms with Gasteiger partial charge in [0.1, 0.15) is 37.2 Å². The first-order chi connectivity index (χ1) is 12.7. The van der Waals surface area contributed by atoms with E-state index in [9.17, 15) is 19.5 Å². The molecule has 2 rings (SSSR count). The minimum atomic E-state index is -1.80. The Kier molecular flexibility index (Phi) is 9.39. The summed E-state index contributed by atoms with van der Waals surface area (Å²) in [5.41, 5.74) is 0. The van der Waals surface area contributed by atoms with Crippen molar-refractivity contribution in [3.05, 3.63) is 52.7 Å². The molecule has 0 spiro atoms. The van der Waals surface area contributed by atoms with Crippen LogP contribution < -0.4 is 9.84 Å².